The van der Waals surface area contributed by atoms with Crippen LogP contribution in [0.2, 0.25) is 0 Å². The van der Waals surface area contributed by atoms with Crippen molar-refractivity contribution in [2.45, 2.75) is 13.8 Å². The van der Waals surface area contributed by atoms with Crippen molar-refractivity contribution in [2.24, 2.45) is 11.1 Å². The third-order valence-corrected chi connectivity index (χ3v) is 3.63. The number of fused-ring (bicyclic) bond motifs is 1. The van der Waals surface area contributed by atoms with Gasteiger partial charge in [-0.15, -0.1) is 0 Å². The van der Waals surface area contributed by atoms with Gasteiger partial charge in [-0.2, -0.15) is 0 Å². The van der Waals surface area contributed by atoms with Crippen LogP contribution in [0.3, 0.4) is 0 Å². The average molecular weight is 273 g/mol. The van der Waals surface area contributed by atoms with Crippen molar-refractivity contribution >= 4 is 39.6 Å². The summed E-state index contributed by atoms with van der Waals surface area (Å²) in [5.74, 6) is -0.226. The van der Waals surface area contributed by atoms with Gasteiger partial charge in [-0.25, -0.2) is 0 Å². The molecule has 0 aliphatic heterocycles. The summed E-state index contributed by atoms with van der Waals surface area (Å²) in [6, 6.07) is 7.57. The summed E-state index contributed by atoms with van der Waals surface area (Å²) >= 11 is 4.92. The van der Waals surface area contributed by atoms with Crippen molar-refractivity contribution in [2.75, 3.05) is 5.32 Å². The van der Waals surface area contributed by atoms with E-state index >= 15 is 0 Å². The molecular weight excluding hydrogens is 258 g/mol. The first-order valence-electron chi connectivity index (χ1n) is 5.87. The quantitative estimate of drug-likeness (QED) is 0.843. The summed E-state index contributed by atoms with van der Waals surface area (Å²) in [7, 11) is 0. The van der Waals surface area contributed by atoms with E-state index < -0.39 is 5.41 Å². The minimum atomic E-state index is -0.889. The molecule has 19 heavy (non-hydrogen) atoms. The van der Waals surface area contributed by atoms with E-state index in [9.17, 15) is 4.79 Å². The molecule has 0 atom stereocenters. The molecule has 5 heteroatoms. The number of hydrogen-bond acceptors (Lipinski definition) is 3. The first kappa shape index (κ1) is 13.4. The number of pyridine rings is 1. The zero-order valence-electron chi connectivity index (χ0n) is 10.8. The lowest BCUT2D eigenvalue weighted by Crippen LogP contribution is -2.41. The van der Waals surface area contributed by atoms with Gasteiger partial charge < -0.3 is 11.1 Å². The largest absolute Gasteiger partial charge is 0.392 e. The van der Waals surface area contributed by atoms with Crippen molar-refractivity contribution in [1.29, 1.82) is 0 Å². The Morgan fingerprint density at radius 2 is 2.11 bits per heavy atom. The molecule has 0 aliphatic carbocycles. The predicted octanol–water partition coefficient (Wildman–Crippen LogP) is 2.49. The van der Waals surface area contributed by atoms with E-state index in [0.29, 0.717) is 5.69 Å². The number of nitrogens with two attached hydrogens (primary N) is 1. The van der Waals surface area contributed by atoms with Gasteiger partial charge in [-0.05, 0) is 31.4 Å². The fourth-order valence-corrected chi connectivity index (χ4v) is 1.71. The van der Waals surface area contributed by atoms with Crippen LogP contribution in [-0.4, -0.2) is 15.9 Å². The highest BCUT2D eigenvalue weighted by Crippen LogP contribution is 2.25. The smallest absolute Gasteiger partial charge is 0.236 e. The minimum Gasteiger partial charge on any atom is -0.392 e. The van der Waals surface area contributed by atoms with Gasteiger partial charge in [0.05, 0.1) is 16.1 Å². The van der Waals surface area contributed by atoms with E-state index in [4.69, 9.17) is 18.0 Å². The van der Waals surface area contributed by atoms with Gasteiger partial charge in [0.25, 0.3) is 0 Å². The molecule has 0 unspecified atom stereocenters. The summed E-state index contributed by atoms with van der Waals surface area (Å²) in [5, 5.41) is 4.76. The maximum Gasteiger partial charge on any atom is 0.236 e. The summed E-state index contributed by atoms with van der Waals surface area (Å²) in [6.07, 6.45) is 3.44. The molecule has 0 aliphatic rings. The fourth-order valence-electron chi connectivity index (χ4n) is 1.61. The van der Waals surface area contributed by atoms with E-state index in [1.807, 2.05) is 24.3 Å². The Labute approximate surface area is 117 Å². The number of nitrogens with one attached hydrogen (secondary N) is 1. The molecule has 0 radical (unpaired) electrons. The summed E-state index contributed by atoms with van der Waals surface area (Å²) in [4.78, 5) is 16.5. The number of aromatic nitrogens is 1. The first-order valence-corrected chi connectivity index (χ1v) is 6.28. The normalized spacial score (nSPS) is 11.3. The minimum absolute atomic E-state index is 0.170. The SMILES string of the molecule is CC(C)(C(=O)Nc1cccc2ccncc12)C(N)=S. The van der Waals surface area contributed by atoms with Gasteiger partial charge in [-0.1, -0.05) is 24.4 Å². The van der Waals surface area contributed by atoms with Gasteiger partial charge >= 0.3 is 0 Å². The van der Waals surface area contributed by atoms with Crippen LogP contribution in [-0.2, 0) is 4.79 Å². The fraction of sp³-hybridized carbons (Fsp3) is 0.214. The highest BCUT2D eigenvalue weighted by atomic mass is 32.1. The lowest BCUT2D eigenvalue weighted by atomic mass is 9.92. The monoisotopic (exact) mass is 273 g/mol. The van der Waals surface area contributed by atoms with Crippen LogP contribution in [0.5, 0.6) is 0 Å². The molecule has 0 saturated heterocycles. The number of amides is 1. The van der Waals surface area contributed by atoms with Crippen LogP contribution in [0.25, 0.3) is 10.8 Å². The van der Waals surface area contributed by atoms with Crippen LogP contribution < -0.4 is 11.1 Å². The van der Waals surface area contributed by atoms with Crippen LogP contribution in [0.15, 0.2) is 36.7 Å². The van der Waals surface area contributed by atoms with Crippen molar-refractivity contribution in [3.63, 3.8) is 0 Å². The molecule has 0 saturated carbocycles. The zero-order valence-corrected chi connectivity index (χ0v) is 11.6. The third-order valence-electron chi connectivity index (χ3n) is 3.12. The van der Waals surface area contributed by atoms with Crippen LogP contribution in [0, 0.1) is 5.41 Å². The molecule has 2 rings (SSSR count). The molecule has 3 N–H and O–H groups in total. The third kappa shape index (κ3) is 2.56. The molecule has 1 aromatic carbocycles. The number of hydrogen-bond donors (Lipinski definition) is 2. The maximum atomic E-state index is 12.2. The molecule has 1 aromatic heterocycles. The molecule has 0 fully saturated rings. The highest BCUT2D eigenvalue weighted by Gasteiger charge is 2.31. The van der Waals surface area contributed by atoms with Gasteiger partial charge in [-0.3, -0.25) is 9.78 Å². The van der Waals surface area contributed by atoms with E-state index in [2.05, 4.69) is 10.3 Å². The summed E-state index contributed by atoms with van der Waals surface area (Å²) < 4.78 is 0. The Bertz CT molecular complexity index is 647. The summed E-state index contributed by atoms with van der Waals surface area (Å²) in [5.41, 5.74) is 5.41. The standard InChI is InChI=1S/C14H15N3OS/c1-14(2,12(15)19)13(18)17-11-5-3-4-9-6-7-16-8-10(9)11/h3-8H,1-2H3,(H2,15,19)(H,17,18). The Morgan fingerprint density at radius 1 is 1.37 bits per heavy atom. The number of thiocarbonyl (C=S) groups is 1. The first-order chi connectivity index (χ1) is 8.93. The number of carbonyl (C=O) groups is 1. The van der Waals surface area contributed by atoms with E-state index in [1.54, 1.807) is 26.2 Å². The van der Waals surface area contributed by atoms with Gasteiger partial charge in [0, 0.05) is 17.8 Å². The highest BCUT2D eigenvalue weighted by molar-refractivity contribution is 7.80. The van der Waals surface area contributed by atoms with E-state index in [1.165, 1.54) is 0 Å². The van der Waals surface area contributed by atoms with E-state index in [-0.39, 0.29) is 10.9 Å². The van der Waals surface area contributed by atoms with Crippen molar-refractivity contribution < 1.29 is 4.79 Å². The maximum absolute atomic E-state index is 12.2. The molecule has 0 bridgehead atoms. The van der Waals surface area contributed by atoms with Crippen molar-refractivity contribution in [1.82, 2.24) is 4.98 Å². The van der Waals surface area contributed by atoms with Crippen molar-refractivity contribution in [3.05, 3.63) is 36.7 Å². The number of carbonyl (C=O) groups excluding carboxylic acids is 1. The molecule has 98 valence electrons. The molecular formula is C14H15N3OS. The van der Waals surface area contributed by atoms with Crippen LogP contribution in [0.4, 0.5) is 5.69 Å². The topological polar surface area (TPSA) is 68.0 Å². The van der Waals surface area contributed by atoms with Crippen molar-refractivity contribution in [3.8, 4) is 0 Å². The Kier molecular flexibility index (Phi) is 3.48. The lowest BCUT2D eigenvalue weighted by molar-refractivity contribution is -0.121. The number of rotatable bonds is 3. The Morgan fingerprint density at radius 3 is 2.79 bits per heavy atom. The molecule has 0 spiro atoms. The second-order valence-corrected chi connectivity index (χ2v) is 5.29. The number of anilines is 1. The second kappa shape index (κ2) is 4.93. The number of benzene rings is 1. The van der Waals surface area contributed by atoms with Crippen LogP contribution in [0.1, 0.15) is 13.8 Å². The van der Waals surface area contributed by atoms with Gasteiger partial charge in [0.1, 0.15) is 0 Å². The molecule has 1 amide bonds. The summed E-state index contributed by atoms with van der Waals surface area (Å²) in [6.45, 7) is 3.40. The Hall–Kier alpha value is -2.01. The average Bonchev–Trinajstić information content (AvgIpc) is 2.39. The molecule has 2 aromatic rings. The van der Waals surface area contributed by atoms with Crippen LogP contribution >= 0.6 is 12.2 Å². The molecule has 1 heterocycles. The van der Waals surface area contributed by atoms with E-state index in [0.717, 1.165) is 10.8 Å². The zero-order chi connectivity index (χ0) is 14.0. The van der Waals surface area contributed by atoms with Gasteiger partial charge in [0.15, 0.2) is 0 Å². The molecule has 4 nitrogen and oxygen atoms in total. The second-order valence-electron chi connectivity index (χ2n) is 4.85. The predicted molar refractivity (Wildman–Crippen MR) is 80.9 cm³/mol. The Balaban J connectivity index is 2.37. The number of nitrogens with zero attached hydrogens (tertiary/aromatic N) is 1. The lowest BCUT2D eigenvalue weighted by Gasteiger charge is -2.22. The van der Waals surface area contributed by atoms with Gasteiger partial charge in [0.2, 0.25) is 5.91 Å².